The van der Waals surface area contributed by atoms with Crippen LogP contribution < -0.4 is 16.2 Å². The van der Waals surface area contributed by atoms with E-state index in [1.807, 2.05) is 12.1 Å². The van der Waals surface area contributed by atoms with E-state index in [-0.39, 0.29) is 30.5 Å². The van der Waals surface area contributed by atoms with Gasteiger partial charge in [-0.15, -0.1) is 0 Å². The van der Waals surface area contributed by atoms with Crippen molar-refractivity contribution in [3.8, 4) is 0 Å². The number of anilines is 1. The summed E-state index contributed by atoms with van der Waals surface area (Å²) in [6.07, 6.45) is 8.56. The van der Waals surface area contributed by atoms with Gasteiger partial charge < -0.3 is 29.5 Å². The van der Waals surface area contributed by atoms with Crippen LogP contribution in [0.15, 0.2) is 70.4 Å². The first-order chi connectivity index (χ1) is 20.1. The standard InChI is InChI=1S/C30H35N7O5/c1-19(2)17-20-9-7-11-21-26(20)35-24(32-21)18-37-15-8-12-23(30(37)41)34-27(39)22(10-5-6-13-25(38)36(3)4)33-28(40)29-31-14-16-42-29/h6-9,11-16,19,22H,5,10,17-18H2,1-4H3,(H,32,35)(H,33,40)(H,34,39)/b13-6+/t22-/m0/s1. The fraction of sp³-hybridized carbons (Fsp3) is 0.333. The van der Waals surface area contributed by atoms with Crippen molar-refractivity contribution in [3.63, 3.8) is 0 Å². The molecule has 0 unspecified atom stereocenters. The third kappa shape index (κ3) is 7.59. The van der Waals surface area contributed by atoms with Crippen LogP contribution in [0.25, 0.3) is 11.0 Å². The first kappa shape index (κ1) is 30.0. The second kappa shape index (κ2) is 13.6. The molecule has 0 radical (unpaired) electrons. The molecular formula is C30H35N7O5. The van der Waals surface area contributed by atoms with Crippen LogP contribution in [0, 0.1) is 5.92 Å². The summed E-state index contributed by atoms with van der Waals surface area (Å²) in [6, 6.07) is 8.11. The van der Waals surface area contributed by atoms with Crippen LogP contribution in [0.4, 0.5) is 5.69 Å². The number of rotatable bonds is 12. The Morgan fingerprint density at radius 2 is 1.98 bits per heavy atom. The number of aromatic nitrogens is 4. The number of fused-ring (bicyclic) bond motifs is 1. The van der Waals surface area contributed by atoms with Crippen molar-refractivity contribution in [2.24, 2.45) is 5.92 Å². The van der Waals surface area contributed by atoms with Crippen molar-refractivity contribution >= 4 is 34.4 Å². The van der Waals surface area contributed by atoms with E-state index in [0.29, 0.717) is 18.2 Å². The van der Waals surface area contributed by atoms with Gasteiger partial charge in [0.15, 0.2) is 0 Å². The van der Waals surface area contributed by atoms with Gasteiger partial charge >= 0.3 is 5.91 Å². The highest BCUT2D eigenvalue weighted by atomic mass is 16.3. The molecule has 3 heterocycles. The number of allylic oxidation sites excluding steroid dienone is 1. The molecule has 4 rings (SSSR count). The highest BCUT2D eigenvalue weighted by molar-refractivity contribution is 5.99. The van der Waals surface area contributed by atoms with Crippen LogP contribution in [0.1, 0.15) is 48.8 Å². The minimum absolute atomic E-state index is 0.0489. The van der Waals surface area contributed by atoms with Crippen LogP contribution >= 0.6 is 0 Å². The summed E-state index contributed by atoms with van der Waals surface area (Å²) >= 11 is 0. The SMILES string of the molecule is CC(C)Cc1cccc2[nH]c(Cn3cccc(NC(=O)[C@H](CC/C=C/C(=O)N(C)C)NC(=O)c4ncco4)c3=O)nc12. The van der Waals surface area contributed by atoms with Crippen LogP contribution in [-0.4, -0.2) is 62.3 Å². The molecule has 1 atom stereocenters. The maximum Gasteiger partial charge on any atom is 0.307 e. The van der Waals surface area contributed by atoms with E-state index in [2.05, 4.69) is 40.5 Å². The van der Waals surface area contributed by atoms with E-state index in [0.717, 1.165) is 23.0 Å². The largest absolute Gasteiger partial charge is 0.441 e. The molecule has 3 aromatic heterocycles. The van der Waals surface area contributed by atoms with Gasteiger partial charge in [0.2, 0.25) is 11.8 Å². The molecule has 1 aromatic carbocycles. The monoisotopic (exact) mass is 573 g/mol. The number of benzene rings is 1. The number of H-pyrrole nitrogens is 1. The Morgan fingerprint density at radius 1 is 1.17 bits per heavy atom. The second-order valence-electron chi connectivity index (χ2n) is 10.5. The summed E-state index contributed by atoms with van der Waals surface area (Å²) in [7, 11) is 3.26. The minimum atomic E-state index is -1.04. The molecular weight excluding hydrogens is 538 g/mol. The molecule has 3 N–H and O–H groups in total. The highest BCUT2D eigenvalue weighted by Gasteiger charge is 2.24. The van der Waals surface area contributed by atoms with Crippen molar-refractivity contribution in [2.75, 3.05) is 19.4 Å². The highest BCUT2D eigenvalue weighted by Crippen LogP contribution is 2.20. The van der Waals surface area contributed by atoms with Gasteiger partial charge in [-0.3, -0.25) is 19.2 Å². The van der Waals surface area contributed by atoms with E-state index >= 15 is 0 Å². The Morgan fingerprint density at radius 3 is 2.69 bits per heavy atom. The predicted octanol–water partition coefficient (Wildman–Crippen LogP) is 3.12. The summed E-state index contributed by atoms with van der Waals surface area (Å²) in [4.78, 5) is 64.3. The Balaban J connectivity index is 1.50. The number of amides is 3. The average molecular weight is 574 g/mol. The van der Waals surface area contributed by atoms with Gasteiger partial charge in [-0.25, -0.2) is 9.97 Å². The lowest BCUT2D eigenvalue weighted by Gasteiger charge is -2.17. The molecule has 0 aliphatic rings. The molecule has 12 nitrogen and oxygen atoms in total. The van der Waals surface area contributed by atoms with Crippen LogP contribution in [0.2, 0.25) is 0 Å². The zero-order valence-electron chi connectivity index (χ0n) is 24.1. The van der Waals surface area contributed by atoms with Gasteiger partial charge in [-0.2, -0.15) is 0 Å². The number of hydrogen-bond donors (Lipinski definition) is 3. The normalized spacial score (nSPS) is 12.1. The number of imidazole rings is 1. The number of carbonyl (C=O) groups excluding carboxylic acids is 3. The molecule has 0 spiro atoms. The number of carbonyl (C=O) groups is 3. The van der Waals surface area contributed by atoms with Crippen molar-refractivity contribution < 1.29 is 18.8 Å². The van der Waals surface area contributed by atoms with E-state index in [1.165, 1.54) is 34.1 Å². The molecule has 0 saturated carbocycles. The van der Waals surface area contributed by atoms with E-state index in [9.17, 15) is 19.2 Å². The lowest BCUT2D eigenvalue weighted by molar-refractivity contribution is -0.123. The summed E-state index contributed by atoms with van der Waals surface area (Å²) in [5.41, 5.74) is 2.53. The van der Waals surface area contributed by atoms with Crippen molar-refractivity contribution in [1.29, 1.82) is 0 Å². The Bertz CT molecular complexity index is 1630. The number of likely N-dealkylation sites (N-methyl/N-ethyl adjacent to an activating group) is 1. The van der Waals surface area contributed by atoms with Crippen molar-refractivity contribution in [2.45, 2.75) is 45.7 Å². The fourth-order valence-corrected chi connectivity index (χ4v) is 4.38. The Kier molecular flexibility index (Phi) is 9.69. The topological polar surface area (TPSA) is 155 Å². The van der Waals surface area contributed by atoms with E-state index < -0.39 is 23.4 Å². The zero-order valence-corrected chi connectivity index (χ0v) is 24.1. The first-order valence-corrected chi connectivity index (χ1v) is 13.7. The molecule has 12 heteroatoms. The smallest absolute Gasteiger partial charge is 0.307 e. The number of hydrogen-bond acceptors (Lipinski definition) is 7. The number of oxazole rings is 1. The van der Waals surface area contributed by atoms with Gasteiger partial charge in [0.25, 0.3) is 11.4 Å². The first-order valence-electron chi connectivity index (χ1n) is 13.7. The molecule has 0 aliphatic carbocycles. The third-order valence-corrected chi connectivity index (χ3v) is 6.44. The molecule has 0 bridgehead atoms. The molecule has 0 aliphatic heterocycles. The Labute approximate surface area is 242 Å². The van der Waals surface area contributed by atoms with Crippen LogP contribution in [-0.2, 0) is 22.6 Å². The maximum atomic E-state index is 13.3. The fourth-order valence-electron chi connectivity index (χ4n) is 4.38. The summed E-state index contributed by atoms with van der Waals surface area (Å²) in [5.74, 6) is -0.596. The molecule has 3 amide bonds. The van der Waals surface area contributed by atoms with Gasteiger partial charge in [-0.05, 0) is 55.0 Å². The van der Waals surface area contributed by atoms with Crippen LogP contribution in [0.3, 0.4) is 0 Å². The maximum absolute atomic E-state index is 13.3. The lowest BCUT2D eigenvalue weighted by Crippen LogP contribution is -2.44. The number of nitrogens with one attached hydrogen (secondary N) is 3. The number of para-hydroxylation sites is 1. The quantitative estimate of drug-likeness (QED) is 0.220. The van der Waals surface area contributed by atoms with Gasteiger partial charge in [0.1, 0.15) is 23.8 Å². The van der Waals surface area contributed by atoms with Gasteiger partial charge in [0, 0.05) is 20.3 Å². The molecule has 0 saturated heterocycles. The molecule has 220 valence electrons. The third-order valence-electron chi connectivity index (χ3n) is 6.44. The summed E-state index contributed by atoms with van der Waals surface area (Å²) in [6.45, 7) is 4.48. The van der Waals surface area contributed by atoms with Crippen LogP contribution in [0.5, 0.6) is 0 Å². The van der Waals surface area contributed by atoms with E-state index in [4.69, 9.17) is 9.40 Å². The predicted molar refractivity (Wildman–Crippen MR) is 158 cm³/mol. The molecule has 0 fully saturated rings. The Hall–Kier alpha value is -5.00. The minimum Gasteiger partial charge on any atom is -0.441 e. The van der Waals surface area contributed by atoms with Gasteiger partial charge in [-0.1, -0.05) is 32.1 Å². The van der Waals surface area contributed by atoms with Crippen molar-refractivity contribution in [1.82, 2.24) is 29.7 Å². The molecule has 42 heavy (non-hydrogen) atoms. The van der Waals surface area contributed by atoms with Crippen molar-refractivity contribution in [3.05, 3.63) is 88.8 Å². The number of aromatic amines is 1. The molecule has 4 aromatic rings. The van der Waals surface area contributed by atoms with Gasteiger partial charge in [0.05, 0.1) is 23.8 Å². The summed E-state index contributed by atoms with van der Waals surface area (Å²) < 4.78 is 6.49. The summed E-state index contributed by atoms with van der Waals surface area (Å²) in [5, 5.41) is 5.24. The zero-order chi connectivity index (χ0) is 30.2. The number of pyridine rings is 1. The number of nitrogens with zero attached hydrogens (tertiary/aromatic N) is 4. The average Bonchev–Trinajstić information content (AvgIpc) is 3.63. The second-order valence-corrected chi connectivity index (χ2v) is 10.5. The lowest BCUT2D eigenvalue weighted by atomic mass is 10.0. The van der Waals surface area contributed by atoms with E-state index in [1.54, 1.807) is 32.4 Å².